The van der Waals surface area contributed by atoms with Crippen LogP contribution in [0.4, 0.5) is 11.6 Å². The SMILES string of the molecule is c1ccc2c(c1)nc(NCCCCCCCNc1nc3ccccc3c3[nH]c4ccccc4c13)c1c3ccccc3[nH]c21. The minimum Gasteiger partial charge on any atom is -0.369 e. The lowest BCUT2D eigenvalue weighted by atomic mass is 10.1. The van der Waals surface area contributed by atoms with E-state index in [2.05, 4.69) is 118 Å². The van der Waals surface area contributed by atoms with E-state index in [9.17, 15) is 0 Å². The zero-order valence-corrected chi connectivity index (χ0v) is 24.1. The summed E-state index contributed by atoms with van der Waals surface area (Å²) >= 11 is 0. The fourth-order valence-corrected chi connectivity index (χ4v) is 6.55. The van der Waals surface area contributed by atoms with Crippen molar-refractivity contribution in [1.82, 2.24) is 19.9 Å². The molecule has 0 bridgehead atoms. The lowest BCUT2D eigenvalue weighted by Gasteiger charge is -2.11. The average Bonchev–Trinajstić information content (AvgIpc) is 3.64. The Morgan fingerprint density at radius 2 is 0.837 bits per heavy atom. The van der Waals surface area contributed by atoms with Gasteiger partial charge in [0.25, 0.3) is 0 Å². The second kappa shape index (κ2) is 11.0. The summed E-state index contributed by atoms with van der Waals surface area (Å²) in [5.41, 5.74) is 6.65. The number of aromatic nitrogens is 4. The summed E-state index contributed by atoms with van der Waals surface area (Å²) < 4.78 is 0. The first-order chi connectivity index (χ1) is 21.3. The Morgan fingerprint density at radius 1 is 0.442 bits per heavy atom. The first kappa shape index (κ1) is 25.6. The second-order valence-electron chi connectivity index (χ2n) is 11.4. The normalized spacial score (nSPS) is 11.9. The molecule has 8 rings (SSSR count). The molecule has 0 atom stereocenters. The lowest BCUT2D eigenvalue weighted by Crippen LogP contribution is -2.05. The second-order valence-corrected chi connectivity index (χ2v) is 11.4. The van der Waals surface area contributed by atoms with E-state index in [4.69, 9.17) is 9.97 Å². The molecular weight excluding hydrogens is 528 g/mol. The Balaban J connectivity index is 0.887. The standard InChI is InChI=1S/C37H34N6/c1(2-12-22-38-36-32-24-14-4-8-18-28(24)40-34(32)26-16-6-10-20-30(26)42-36)3-13-23-39-37-33-25-15-5-9-19-29(25)41-35(33)27-17-7-11-21-31(27)43-37/h4-11,14-21,40-41H,1-3,12-13,22-23H2,(H,38,42)(H,39,43). The van der Waals surface area contributed by atoms with E-state index in [-0.39, 0.29) is 0 Å². The molecule has 6 heteroatoms. The van der Waals surface area contributed by atoms with Gasteiger partial charge in [-0.25, -0.2) is 9.97 Å². The molecule has 4 aromatic heterocycles. The summed E-state index contributed by atoms with van der Waals surface area (Å²) in [6.07, 6.45) is 5.84. The van der Waals surface area contributed by atoms with Crippen molar-refractivity contribution in [3.8, 4) is 0 Å². The van der Waals surface area contributed by atoms with E-state index < -0.39 is 0 Å². The predicted octanol–water partition coefficient (Wildman–Crippen LogP) is 9.53. The molecule has 0 aliphatic heterocycles. The highest BCUT2D eigenvalue weighted by molar-refractivity contribution is 6.21. The van der Waals surface area contributed by atoms with E-state index >= 15 is 0 Å². The molecule has 43 heavy (non-hydrogen) atoms. The van der Waals surface area contributed by atoms with Crippen molar-refractivity contribution < 1.29 is 0 Å². The number of aromatic amines is 2. The number of para-hydroxylation sites is 4. The number of hydrogen-bond acceptors (Lipinski definition) is 4. The Labute approximate surface area is 249 Å². The quantitative estimate of drug-likeness (QED) is 0.125. The molecule has 0 saturated heterocycles. The van der Waals surface area contributed by atoms with Gasteiger partial charge in [-0.3, -0.25) is 0 Å². The molecule has 0 aliphatic rings. The van der Waals surface area contributed by atoms with Gasteiger partial charge in [-0.1, -0.05) is 92.1 Å². The van der Waals surface area contributed by atoms with Gasteiger partial charge in [-0.2, -0.15) is 0 Å². The highest BCUT2D eigenvalue weighted by Crippen LogP contribution is 2.36. The molecule has 4 N–H and O–H groups in total. The number of benzene rings is 4. The first-order valence-electron chi connectivity index (χ1n) is 15.4. The van der Waals surface area contributed by atoms with Gasteiger partial charge >= 0.3 is 0 Å². The smallest absolute Gasteiger partial charge is 0.136 e. The molecule has 0 radical (unpaired) electrons. The van der Waals surface area contributed by atoms with Crippen LogP contribution in [0, 0.1) is 0 Å². The molecule has 0 aliphatic carbocycles. The fourth-order valence-electron chi connectivity index (χ4n) is 6.55. The van der Waals surface area contributed by atoms with Gasteiger partial charge in [0.15, 0.2) is 0 Å². The lowest BCUT2D eigenvalue weighted by molar-refractivity contribution is 0.635. The molecule has 212 valence electrons. The molecule has 6 nitrogen and oxygen atoms in total. The van der Waals surface area contributed by atoms with Crippen LogP contribution in [0.25, 0.3) is 65.4 Å². The van der Waals surface area contributed by atoms with E-state index in [1.165, 1.54) is 40.8 Å². The van der Waals surface area contributed by atoms with Gasteiger partial charge < -0.3 is 20.6 Å². The Morgan fingerprint density at radius 3 is 1.33 bits per heavy atom. The zero-order valence-electron chi connectivity index (χ0n) is 24.1. The third-order valence-corrected chi connectivity index (χ3v) is 8.64. The van der Waals surface area contributed by atoms with Crippen molar-refractivity contribution in [3.05, 3.63) is 97.1 Å². The number of hydrogen-bond donors (Lipinski definition) is 4. The number of nitrogens with one attached hydrogen (secondary N) is 4. The maximum atomic E-state index is 5.02. The van der Waals surface area contributed by atoms with Gasteiger partial charge in [-0.15, -0.1) is 0 Å². The molecular formula is C37H34N6. The number of nitrogens with zero attached hydrogens (tertiary/aromatic N) is 2. The van der Waals surface area contributed by atoms with Crippen LogP contribution in [0.3, 0.4) is 0 Å². The third kappa shape index (κ3) is 4.59. The monoisotopic (exact) mass is 562 g/mol. The molecule has 0 spiro atoms. The predicted molar refractivity (Wildman–Crippen MR) is 182 cm³/mol. The molecule has 0 amide bonds. The summed E-state index contributed by atoms with van der Waals surface area (Å²) in [5.74, 6) is 1.95. The van der Waals surface area contributed by atoms with Crippen LogP contribution in [-0.2, 0) is 0 Å². The van der Waals surface area contributed by atoms with Crippen molar-refractivity contribution in [3.63, 3.8) is 0 Å². The summed E-state index contributed by atoms with van der Waals surface area (Å²) in [7, 11) is 0. The minimum atomic E-state index is 0.914. The van der Waals surface area contributed by atoms with Crippen molar-refractivity contribution in [1.29, 1.82) is 0 Å². The number of anilines is 2. The fraction of sp³-hybridized carbons (Fsp3) is 0.189. The largest absolute Gasteiger partial charge is 0.369 e. The number of fused-ring (bicyclic) bond motifs is 10. The highest BCUT2D eigenvalue weighted by Gasteiger charge is 2.15. The molecule has 0 unspecified atom stereocenters. The number of pyridine rings is 2. The maximum Gasteiger partial charge on any atom is 0.136 e. The molecule has 0 saturated carbocycles. The zero-order chi connectivity index (χ0) is 28.6. The van der Waals surface area contributed by atoms with E-state index in [1.807, 2.05) is 0 Å². The highest BCUT2D eigenvalue weighted by atomic mass is 15.0. The van der Waals surface area contributed by atoms with Crippen molar-refractivity contribution >= 4 is 77.1 Å². The van der Waals surface area contributed by atoms with Crippen molar-refractivity contribution in [2.75, 3.05) is 23.7 Å². The number of rotatable bonds is 10. The number of unbranched alkanes of at least 4 members (excludes halogenated alkanes) is 4. The van der Waals surface area contributed by atoms with Crippen LogP contribution in [-0.4, -0.2) is 33.0 Å². The Bertz CT molecular complexity index is 2080. The summed E-state index contributed by atoms with van der Waals surface area (Å²) in [6, 6.07) is 33.8. The molecule has 0 fully saturated rings. The first-order valence-corrected chi connectivity index (χ1v) is 15.4. The van der Waals surface area contributed by atoms with Gasteiger partial charge in [0, 0.05) is 45.7 Å². The molecule has 8 aromatic rings. The Hall–Kier alpha value is -5.10. The van der Waals surface area contributed by atoms with Gasteiger partial charge in [0.1, 0.15) is 11.6 Å². The summed E-state index contributed by atoms with van der Waals surface area (Å²) in [4.78, 5) is 17.3. The minimum absolute atomic E-state index is 0.914. The Kier molecular flexibility index (Phi) is 6.52. The van der Waals surface area contributed by atoms with E-state index in [1.54, 1.807) is 0 Å². The third-order valence-electron chi connectivity index (χ3n) is 8.64. The van der Waals surface area contributed by atoms with Gasteiger partial charge in [0.2, 0.25) is 0 Å². The van der Waals surface area contributed by atoms with Crippen LogP contribution in [0.1, 0.15) is 32.1 Å². The van der Waals surface area contributed by atoms with Crippen LogP contribution < -0.4 is 10.6 Å². The number of H-pyrrole nitrogens is 2. The van der Waals surface area contributed by atoms with E-state index in [0.717, 1.165) is 81.4 Å². The van der Waals surface area contributed by atoms with Crippen LogP contribution in [0.2, 0.25) is 0 Å². The maximum absolute atomic E-state index is 5.02. The van der Waals surface area contributed by atoms with Gasteiger partial charge in [0.05, 0.1) is 32.8 Å². The topological polar surface area (TPSA) is 81.4 Å². The van der Waals surface area contributed by atoms with E-state index in [0.29, 0.717) is 0 Å². The van der Waals surface area contributed by atoms with Gasteiger partial charge in [-0.05, 0) is 37.1 Å². The molecule has 4 heterocycles. The molecule has 4 aromatic carbocycles. The summed E-state index contributed by atoms with van der Waals surface area (Å²) in [5, 5.41) is 14.5. The van der Waals surface area contributed by atoms with Crippen molar-refractivity contribution in [2.24, 2.45) is 0 Å². The van der Waals surface area contributed by atoms with Crippen LogP contribution in [0.5, 0.6) is 0 Å². The average molecular weight is 563 g/mol. The van der Waals surface area contributed by atoms with Crippen LogP contribution in [0.15, 0.2) is 97.1 Å². The van der Waals surface area contributed by atoms with Crippen molar-refractivity contribution in [2.45, 2.75) is 32.1 Å². The summed E-state index contributed by atoms with van der Waals surface area (Å²) in [6.45, 7) is 1.83. The van der Waals surface area contributed by atoms with Crippen LogP contribution >= 0.6 is 0 Å².